The van der Waals surface area contributed by atoms with Gasteiger partial charge >= 0.3 is 0 Å². The zero-order valence-electron chi connectivity index (χ0n) is 10.1. The van der Waals surface area contributed by atoms with Gasteiger partial charge in [0, 0.05) is 43.8 Å². The largest absolute Gasteiger partial charge is 0.508 e. The summed E-state index contributed by atoms with van der Waals surface area (Å²) in [6.07, 6.45) is 1.47. The van der Waals surface area contributed by atoms with Gasteiger partial charge in [0.1, 0.15) is 24.1 Å². The van der Waals surface area contributed by atoms with Gasteiger partial charge in [-0.2, -0.15) is 0 Å². The Bertz CT molecular complexity index is 456. The summed E-state index contributed by atoms with van der Waals surface area (Å²) in [6, 6.07) is 12.1. The van der Waals surface area contributed by atoms with Crippen molar-refractivity contribution in [1.82, 2.24) is 0 Å². The second-order valence-corrected chi connectivity index (χ2v) is 3.42. The van der Waals surface area contributed by atoms with Crippen molar-refractivity contribution in [3.05, 3.63) is 59.7 Å². The molecule has 2 aromatic rings. The van der Waals surface area contributed by atoms with Crippen LogP contribution in [0.25, 0.3) is 0 Å². The van der Waals surface area contributed by atoms with E-state index in [1.54, 1.807) is 24.3 Å². The van der Waals surface area contributed by atoms with E-state index in [0.717, 1.165) is 12.6 Å². The van der Waals surface area contributed by atoms with E-state index in [4.69, 9.17) is 10.2 Å². The summed E-state index contributed by atoms with van der Waals surface area (Å²) in [5, 5.41) is 17.5. The van der Waals surface area contributed by atoms with E-state index in [1.165, 1.54) is 24.3 Å². The average molecular weight is 333 g/mol. The van der Waals surface area contributed by atoms with Gasteiger partial charge in [-0.3, -0.25) is 9.59 Å². The second kappa shape index (κ2) is 9.42. The molecular weight excluding hydrogens is 321 g/mol. The first-order valence-electron chi connectivity index (χ1n) is 5.14. The van der Waals surface area contributed by atoms with Crippen LogP contribution in [0, 0.1) is 0 Å². The second-order valence-electron chi connectivity index (χ2n) is 3.42. The first kappa shape index (κ1) is 17.5. The fourth-order valence-corrected chi connectivity index (χ4v) is 1.11. The number of aldehydes is 2. The summed E-state index contributed by atoms with van der Waals surface area (Å²) >= 11 is 0. The molecule has 0 spiro atoms. The molecule has 0 saturated carbocycles. The van der Waals surface area contributed by atoms with E-state index in [0.29, 0.717) is 11.1 Å². The molecule has 0 aliphatic heterocycles. The predicted octanol–water partition coefficient (Wildman–Crippen LogP) is 2.41. The molecule has 0 aromatic heterocycles. The molecule has 0 unspecified atom stereocenters. The van der Waals surface area contributed by atoms with E-state index >= 15 is 0 Å². The van der Waals surface area contributed by atoms with E-state index < -0.39 is 0 Å². The number of hydrogen-bond donors (Lipinski definition) is 2. The smallest absolute Gasteiger partial charge is 0.150 e. The van der Waals surface area contributed by atoms with Crippen molar-refractivity contribution >= 4 is 12.6 Å². The van der Waals surface area contributed by atoms with E-state index in [1.807, 2.05) is 0 Å². The summed E-state index contributed by atoms with van der Waals surface area (Å²) in [4.78, 5) is 20.1. The van der Waals surface area contributed by atoms with Crippen molar-refractivity contribution in [1.29, 1.82) is 0 Å². The minimum absolute atomic E-state index is 0. The molecule has 4 nitrogen and oxygen atoms in total. The summed E-state index contributed by atoms with van der Waals surface area (Å²) in [6.45, 7) is 0. The minimum atomic E-state index is 0. The van der Waals surface area contributed by atoms with Crippen LogP contribution in [0.2, 0.25) is 0 Å². The number of hydrogen-bond acceptors (Lipinski definition) is 4. The Hall–Kier alpha value is -1.52. The summed E-state index contributed by atoms with van der Waals surface area (Å²) in [7, 11) is 0. The molecule has 0 bridgehead atoms. The molecule has 0 amide bonds. The third-order valence-corrected chi connectivity index (χ3v) is 2.06. The van der Waals surface area contributed by atoms with Crippen molar-refractivity contribution in [2.45, 2.75) is 0 Å². The van der Waals surface area contributed by atoms with Crippen LogP contribution in [-0.4, -0.2) is 22.8 Å². The first-order chi connectivity index (χ1) is 8.65. The molecule has 5 heteroatoms. The zero-order chi connectivity index (χ0) is 13.4. The van der Waals surface area contributed by atoms with Gasteiger partial charge in [-0.1, -0.05) is 0 Å². The Kier molecular flexibility index (Phi) is 8.67. The maximum atomic E-state index is 10.0. The van der Waals surface area contributed by atoms with E-state index in [9.17, 15) is 9.59 Å². The maximum Gasteiger partial charge on any atom is 0.150 e. The van der Waals surface area contributed by atoms with Crippen LogP contribution >= 0.6 is 0 Å². The Morgan fingerprint density at radius 3 is 1.11 bits per heavy atom. The number of phenols is 2. The standard InChI is InChI=1S/2C7H6O2.Y/c2*8-5-6-1-3-7(9)4-2-6;/h2*1-5,9H;. The molecule has 1 radical (unpaired) electrons. The maximum absolute atomic E-state index is 10.0. The summed E-state index contributed by atoms with van der Waals surface area (Å²) < 4.78 is 0. The molecule has 0 heterocycles. The van der Waals surface area contributed by atoms with Gasteiger partial charge in [0.2, 0.25) is 0 Å². The quantitative estimate of drug-likeness (QED) is 0.828. The Balaban J connectivity index is 0.000000324. The molecule has 2 rings (SSSR count). The molecule has 19 heavy (non-hydrogen) atoms. The Morgan fingerprint density at radius 1 is 0.632 bits per heavy atom. The summed E-state index contributed by atoms with van der Waals surface area (Å²) in [5.41, 5.74) is 1.15. The van der Waals surface area contributed by atoms with Gasteiger partial charge < -0.3 is 10.2 Å². The first-order valence-corrected chi connectivity index (χ1v) is 5.14. The van der Waals surface area contributed by atoms with Crippen molar-refractivity contribution in [2.75, 3.05) is 0 Å². The van der Waals surface area contributed by atoms with Crippen LogP contribution in [0.3, 0.4) is 0 Å². The molecular formula is C14H12O4Y. The minimum Gasteiger partial charge on any atom is -0.508 e. The van der Waals surface area contributed by atoms with Crippen molar-refractivity contribution < 1.29 is 52.5 Å². The molecule has 0 aliphatic rings. The van der Waals surface area contributed by atoms with Crippen molar-refractivity contribution in [3.8, 4) is 11.5 Å². The number of carbonyl (C=O) groups is 2. The molecule has 0 aliphatic carbocycles. The van der Waals surface area contributed by atoms with Gasteiger partial charge in [-0.15, -0.1) is 0 Å². The number of carbonyl (C=O) groups excluding carboxylic acids is 2. The van der Waals surface area contributed by atoms with Crippen LogP contribution in [0.5, 0.6) is 11.5 Å². The molecule has 0 atom stereocenters. The molecule has 0 saturated heterocycles. The number of phenolic OH excluding ortho intramolecular Hbond substituents is 2. The van der Waals surface area contributed by atoms with Gasteiger partial charge in [0.15, 0.2) is 0 Å². The van der Waals surface area contributed by atoms with Crippen molar-refractivity contribution in [2.24, 2.45) is 0 Å². The van der Waals surface area contributed by atoms with Gasteiger partial charge in [0.05, 0.1) is 0 Å². The zero-order valence-corrected chi connectivity index (χ0v) is 12.9. The number of rotatable bonds is 2. The predicted molar refractivity (Wildman–Crippen MR) is 67.0 cm³/mol. The van der Waals surface area contributed by atoms with Crippen LogP contribution < -0.4 is 0 Å². The van der Waals surface area contributed by atoms with Gasteiger partial charge in [-0.25, -0.2) is 0 Å². The van der Waals surface area contributed by atoms with Crippen LogP contribution in [0.1, 0.15) is 20.7 Å². The third kappa shape index (κ3) is 6.84. The third-order valence-electron chi connectivity index (χ3n) is 2.06. The molecule has 95 valence electrons. The fraction of sp³-hybridized carbons (Fsp3) is 0. The Labute approximate surface area is 136 Å². The van der Waals surface area contributed by atoms with Gasteiger partial charge in [-0.05, 0) is 48.5 Å². The van der Waals surface area contributed by atoms with Crippen molar-refractivity contribution in [3.63, 3.8) is 0 Å². The molecule has 0 fully saturated rings. The number of benzene rings is 2. The molecule has 2 aromatic carbocycles. The SMILES string of the molecule is O=Cc1ccc(O)cc1.O=Cc1ccc(O)cc1.[Y]. The fourth-order valence-electron chi connectivity index (χ4n) is 1.11. The average Bonchev–Trinajstić information content (AvgIpc) is 2.41. The van der Waals surface area contributed by atoms with Crippen LogP contribution in [-0.2, 0) is 32.7 Å². The van der Waals surface area contributed by atoms with Gasteiger partial charge in [0.25, 0.3) is 0 Å². The van der Waals surface area contributed by atoms with Crippen LogP contribution in [0.4, 0.5) is 0 Å². The van der Waals surface area contributed by atoms with E-state index in [2.05, 4.69) is 0 Å². The number of aromatic hydroxyl groups is 2. The molecule has 2 N–H and O–H groups in total. The monoisotopic (exact) mass is 333 g/mol. The summed E-state index contributed by atoms with van der Waals surface area (Å²) in [5.74, 6) is 0.362. The van der Waals surface area contributed by atoms with E-state index in [-0.39, 0.29) is 44.2 Å². The van der Waals surface area contributed by atoms with Crippen LogP contribution in [0.15, 0.2) is 48.5 Å². The Morgan fingerprint density at radius 2 is 0.895 bits per heavy atom. The normalized spacial score (nSPS) is 8.42. The topological polar surface area (TPSA) is 74.6 Å².